The molecule has 14 nitrogen and oxygen atoms in total. The van der Waals surface area contributed by atoms with Crippen molar-refractivity contribution in [2.45, 2.75) is 95.7 Å². The highest BCUT2D eigenvalue weighted by Crippen LogP contribution is 2.47. The first-order valence-electron chi connectivity index (χ1n) is 20.8. The van der Waals surface area contributed by atoms with E-state index in [1.54, 1.807) is 49.9 Å². The zero-order valence-corrected chi connectivity index (χ0v) is 36.8. The van der Waals surface area contributed by atoms with Crippen LogP contribution in [-0.4, -0.2) is 94.5 Å². The van der Waals surface area contributed by atoms with Crippen LogP contribution in [0.1, 0.15) is 86.7 Å². The number of methoxy groups -OCH3 is 1. The first kappa shape index (κ1) is 43.3. The number of benzene rings is 2. The van der Waals surface area contributed by atoms with Crippen molar-refractivity contribution in [2.75, 3.05) is 44.0 Å². The molecule has 62 heavy (non-hydrogen) atoms. The molecule has 2 aliphatic heterocycles. The fraction of sp³-hybridized carbons (Fsp3) is 0.500. The predicted molar refractivity (Wildman–Crippen MR) is 228 cm³/mol. The van der Waals surface area contributed by atoms with E-state index in [0.29, 0.717) is 53.5 Å². The fourth-order valence-electron chi connectivity index (χ4n) is 8.33. The van der Waals surface area contributed by atoms with E-state index in [1.807, 2.05) is 12.1 Å². The average Bonchev–Trinajstić information content (AvgIpc) is 4.09. The summed E-state index contributed by atoms with van der Waals surface area (Å²) in [5, 5.41) is 9.81. The Balaban J connectivity index is 1.19. The van der Waals surface area contributed by atoms with Crippen LogP contribution in [0.2, 0.25) is 0 Å². The number of ether oxygens (including phenoxy) is 4. The van der Waals surface area contributed by atoms with Crippen LogP contribution >= 0.6 is 22.7 Å². The number of nitrogens with zero attached hydrogens (tertiary/aromatic N) is 4. The number of likely N-dealkylation sites (tertiary alicyclic amines) is 2. The van der Waals surface area contributed by atoms with Gasteiger partial charge in [0, 0.05) is 48.5 Å². The van der Waals surface area contributed by atoms with Crippen molar-refractivity contribution in [3.05, 3.63) is 69.7 Å². The van der Waals surface area contributed by atoms with E-state index in [0.717, 1.165) is 31.2 Å². The van der Waals surface area contributed by atoms with Crippen LogP contribution in [-0.2, 0) is 19.2 Å². The summed E-state index contributed by atoms with van der Waals surface area (Å²) >= 11 is 2.37. The molecule has 0 bridgehead atoms. The van der Waals surface area contributed by atoms with Crippen molar-refractivity contribution in [2.24, 2.45) is 11.8 Å². The lowest BCUT2D eigenvalue weighted by molar-refractivity contribution is -0.162. The maximum absolute atomic E-state index is 15.2. The summed E-state index contributed by atoms with van der Waals surface area (Å²) in [4.78, 5) is 71.4. The molecule has 0 spiro atoms. The van der Waals surface area contributed by atoms with Crippen LogP contribution in [0, 0.1) is 25.7 Å². The van der Waals surface area contributed by atoms with Gasteiger partial charge in [-0.2, -0.15) is 8.78 Å². The van der Waals surface area contributed by atoms with Crippen molar-refractivity contribution in [3.63, 3.8) is 0 Å². The van der Waals surface area contributed by atoms with E-state index >= 15 is 9.59 Å². The summed E-state index contributed by atoms with van der Waals surface area (Å²) < 4.78 is 49.4. The third-order valence-electron chi connectivity index (χ3n) is 12.5. The van der Waals surface area contributed by atoms with Gasteiger partial charge >= 0.3 is 6.61 Å². The number of hydrogen-bond acceptors (Lipinski definition) is 12. The number of carbonyl (C=O) groups excluding carboxylic acids is 4. The van der Waals surface area contributed by atoms with E-state index < -0.39 is 53.2 Å². The molecular weight excluding hydrogens is 843 g/mol. The number of alkyl halides is 2. The van der Waals surface area contributed by atoms with Gasteiger partial charge in [0.25, 0.3) is 11.8 Å². The average molecular weight is 893 g/mol. The maximum Gasteiger partial charge on any atom is 0.387 e. The molecule has 2 saturated carbocycles. The van der Waals surface area contributed by atoms with E-state index in [9.17, 15) is 18.4 Å². The van der Waals surface area contributed by atoms with Gasteiger partial charge < -0.3 is 28.7 Å². The van der Waals surface area contributed by atoms with Gasteiger partial charge in [0.05, 0.1) is 31.7 Å². The Hall–Kier alpha value is -5.36. The standard InChI is InChI=1S/C44H50F2N6O8S2/c1-24-22-61-41(47-24)49-38(55)43(3,51-18-30(16-36(51)53)28-10-12-32(57-5)34(14-28)58-20-26-6-7-26)44(4,39(56)50-42-48-25(2)23-62-42)52-19-31(17-37(52)54)29-11-13-33(60-40(45)46)35(15-29)59-21-27-8-9-27/h10-15,22-23,26-27,30-31,40H,6-9,16-21H2,1-5H3,(H,47,49,55)(H,48,50,56). The van der Waals surface area contributed by atoms with E-state index in [-0.39, 0.29) is 47.7 Å². The molecule has 2 N–H and O–H groups in total. The Bertz CT molecular complexity index is 2350. The Kier molecular flexibility index (Phi) is 12.2. The lowest BCUT2D eigenvalue weighted by atomic mass is 9.74. The van der Waals surface area contributed by atoms with Crippen LogP contribution in [0.25, 0.3) is 0 Å². The fourth-order valence-corrected chi connectivity index (χ4v) is 9.69. The lowest BCUT2D eigenvalue weighted by Crippen LogP contribution is -2.77. The van der Waals surface area contributed by atoms with Gasteiger partial charge in [0.2, 0.25) is 11.8 Å². The van der Waals surface area contributed by atoms with Gasteiger partial charge in [-0.05, 0) is 101 Å². The topological polar surface area (TPSA) is 162 Å². The SMILES string of the molecule is COc1ccc(C2CC(=O)N(C(C)(C(=O)Nc3nc(C)cs3)C(C)(C(=O)Nc3nc(C)cs3)N3CC(c4ccc(OC(F)F)c(OCC5CC5)c4)CC3=O)C2)cc1OCC1CC1. The van der Waals surface area contributed by atoms with Crippen LogP contribution in [0.5, 0.6) is 23.0 Å². The molecule has 18 heteroatoms. The number of aromatic nitrogens is 2. The summed E-state index contributed by atoms with van der Waals surface area (Å²) in [6, 6.07) is 10.1. The molecule has 2 aliphatic carbocycles. The molecule has 4 fully saturated rings. The zero-order valence-electron chi connectivity index (χ0n) is 35.2. The third kappa shape index (κ3) is 8.80. The number of nitrogens with one attached hydrogen (secondary N) is 2. The third-order valence-corrected chi connectivity index (χ3v) is 14.2. The number of carbonyl (C=O) groups is 4. The highest BCUT2D eigenvalue weighted by Gasteiger charge is 2.66. The second-order valence-electron chi connectivity index (χ2n) is 17.0. The van der Waals surface area contributed by atoms with Crippen LogP contribution in [0.3, 0.4) is 0 Å². The molecule has 4 aliphatic rings. The Labute approximate surface area is 366 Å². The number of rotatable bonds is 18. The molecule has 2 aromatic carbocycles. The molecule has 4 heterocycles. The first-order valence-corrected chi connectivity index (χ1v) is 22.5. The number of amides is 4. The van der Waals surface area contributed by atoms with Crippen molar-refractivity contribution < 1.29 is 46.9 Å². The second-order valence-corrected chi connectivity index (χ2v) is 18.7. The van der Waals surface area contributed by atoms with E-state index in [4.69, 9.17) is 18.9 Å². The van der Waals surface area contributed by atoms with Crippen LogP contribution in [0.4, 0.5) is 19.0 Å². The minimum atomic E-state index is -3.08. The van der Waals surface area contributed by atoms with Gasteiger partial charge in [0.15, 0.2) is 44.3 Å². The van der Waals surface area contributed by atoms with Crippen molar-refractivity contribution in [1.29, 1.82) is 0 Å². The second kappa shape index (κ2) is 17.4. The summed E-state index contributed by atoms with van der Waals surface area (Å²) in [6.07, 6.45) is 4.06. The molecule has 2 saturated heterocycles. The molecule has 2 aromatic heterocycles. The van der Waals surface area contributed by atoms with Gasteiger partial charge in [-0.1, -0.05) is 12.1 Å². The molecular formula is C44H50F2N6O8S2. The molecule has 4 amide bonds. The summed E-state index contributed by atoms with van der Waals surface area (Å²) in [5.74, 6) is -1.41. The summed E-state index contributed by atoms with van der Waals surface area (Å²) in [7, 11) is 1.57. The normalized spacial score (nSPS) is 20.8. The quantitative estimate of drug-likeness (QED) is 0.102. The van der Waals surface area contributed by atoms with Gasteiger partial charge in [-0.3, -0.25) is 29.8 Å². The van der Waals surface area contributed by atoms with Gasteiger partial charge in [0.1, 0.15) is 0 Å². The Morgan fingerprint density at radius 1 is 0.742 bits per heavy atom. The summed E-state index contributed by atoms with van der Waals surface area (Å²) in [5.41, 5.74) is -1.46. The lowest BCUT2D eigenvalue weighted by Gasteiger charge is -2.52. The molecule has 4 unspecified atom stereocenters. The van der Waals surface area contributed by atoms with E-state index in [2.05, 4.69) is 20.6 Å². The highest BCUT2D eigenvalue weighted by atomic mass is 32.1. The number of aryl methyl sites for hydroxylation is 2. The number of hydrogen-bond donors (Lipinski definition) is 2. The summed E-state index contributed by atoms with van der Waals surface area (Å²) in [6.45, 7) is 4.34. The van der Waals surface area contributed by atoms with Crippen molar-refractivity contribution >= 4 is 56.6 Å². The van der Waals surface area contributed by atoms with Crippen LogP contribution < -0.4 is 29.6 Å². The zero-order chi connectivity index (χ0) is 43.9. The first-order chi connectivity index (χ1) is 29.7. The predicted octanol–water partition coefficient (Wildman–Crippen LogP) is 7.53. The van der Waals surface area contributed by atoms with Crippen molar-refractivity contribution in [3.8, 4) is 23.0 Å². The molecule has 4 aromatic rings. The number of thiazole rings is 2. The van der Waals surface area contributed by atoms with Gasteiger partial charge in [-0.25, -0.2) is 9.97 Å². The molecule has 4 atom stereocenters. The molecule has 330 valence electrons. The van der Waals surface area contributed by atoms with Crippen molar-refractivity contribution in [1.82, 2.24) is 19.8 Å². The van der Waals surface area contributed by atoms with Gasteiger partial charge in [-0.15, -0.1) is 22.7 Å². The number of anilines is 2. The number of halogens is 2. The smallest absolute Gasteiger partial charge is 0.387 e. The monoisotopic (exact) mass is 892 g/mol. The largest absolute Gasteiger partial charge is 0.493 e. The molecule has 8 rings (SSSR count). The highest BCUT2D eigenvalue weighted by molar-refractivity contribution is 7.14. The maximum atomic E-state index is 15.2. The minimum Gasteiger partial charge on any atom is -0.493 e. The van der Waals surface area contributed by atoms with Crippen LogP contribution in [0.15, 0.2) is 47.2 Å². The Morgan fingerprint density at radius 3 is 1.56 bits per heavy atom. The minimum absolute atomic E-state index is 0.00421. The Morgan fingerprint density at radius 2 is 1.18 bits per heavy atom. The molecule has 0 radical (unpaired) electrons. The van der Waals surface area contributed by atoms with E-state index in [1.165, 1.54) is 52.4 Å².